The van der Waals surface area contributed by atoms with E-state index in [0.717, 1.165) is 0 Å². The summed E-state index contributed by atoms with van der Waals surface area (Å²) in [6.07, 6.45) is -0.448. The number of ether oxygens (including phenoxy) is 2. The SMILES string of the molecule is CCOC(=O)C(Cc1cc(Cl)c(O)c(Cl)c1)OC. The fraction of sp³-hybridized carbons (Fsp3) is 0.417. The van der Waals surface area contributed by atoms with E-state index in [-0.39, 0.29) is 28.8 Å². The maximum Gasteiger partial charge on any atom is 0.335 e. The van der Waals surface area contributed by atoms with Gasteiger partial charge in [0.05, 0.1) is 16.7 Å². The highest BCUT2D eigenvalue weighted by molar-refractivity contribution is 6.37. The number of aromatic hydroxyl groups is 1. The Balaban J connectivity index is 2.85. The van der Waals surface area contributed by atoms with Crippen LogP contribution in [0.5, 0.6) is 5.75 Å². The highest BCUT2D eigenvalue weighted by Gasteiger charge is 2.20. The number of carbonyl (C=O) groups is 1. The number of carbonyl (C=O) groups excluding carboxylic acids is 1. The number of benzene rings is 1. The summed E-state index contributed by atoms with van der Waals surface area (Å²) in [4.78, 5) is 11.6. The Kier molecular flexibility index (Phi) is 5.72. The number of phenolic OH excluding ortho intramolecular Hbond substituents is 1. The fourth-order valence-corrected chi connectivity index (χ4v) is 1.98. The van der Waals surface area contributed by atoms with Gasteiger partial charge in [0.1, 0.15) is 0 Å². The van der Waals surface area contributed by atoms with Crippen LogP contribution in [-0.4, -0.2) is 30.9 Å². The van der Waals surface area contributed by atoms with E-state index in [1.54, 1.807) is 6.92 Å². The van der Waals surface area contributed by atoms with Crippen LogP contribution in [0.25, 0.3) is 0 Å². The average molecular weight is 293 g/mol. The van der Waals surface area contributed by atoms with Crippen LogP contribution in [0.4, 0.5) is 0 Å². The monoisotopic (exact) mass is 292 g/mol. The first-order valence-corrected chi connectivity index (χ1v) is 6.11. The van der Waals surface area contributed by atoms with Crippen LogP contribution in [0.2, 0.25) is 10.0 Å². The molecule has 0 aliphatic heterocycles. The third-order valence-electron chi connectivity index (χ3n) is 2.33. The van der Waals surface area contributed by atoms with Crippen molar-refractivity contribution in [1.82, 2.24) is 0 Å². The van der Waals surface area contributed by atoms with Gasteiger partial charge in [-0.25, -0.2) is 4.79 Å². The summed E-state index contributed by atoms with van der Waals surface area (Å²) >= 11 is 11.6. The number of hydrogen-bond donors (Lipinski definition) is 1. The summed E-state index contributed by atoms with van der Waals surface area (Å²) in [5.74, 6) is -0.618. The standard InChI is InChI=1S/C12H14Cl2O4/c1-3-18-12(16)10(17-2)6-7-4-8(13)11(15)9(14)5-7/h4-5,10,15H,3,6H2,1-2H3. The van der Waals surface area contributed by atoms with E-state index in [4.69, 9.17) is 32.7 Å². The molecule has 0 amide bonds. The number of halogens is 2. The summed E-state index contributed by atoms with van der Waals surface area (Å²) in [7, 11) is 1.42. The van der Waals surface area contributed by atoms with Gasteiger partial charge in [-0.05, 0) is 24.6 Å². The largest absolute Gasteiger partial charge is 0.505 e. The van der Waals surface area contributed by atoms with Gasteiger partial charge in [-0.15, -0.1) is 0 Å². The topological polar surface area (TPSA) is 55.8 Å². The van der Waals surface area contributed by atoms with Gasteiger partial charge in [-0.2, -0.15) is 0 Å². The van der Waals surface area contributed by atoms with E-state index < -0.39 is 12.1 Å². The molecule has 0 heterocycles. The molecular formula is C12H14Cl2O4. The van der Waals surface area contributed by atoms with Crippen molar-refractivity contribution >= 4 is 29.2 Å². The predicted octanol–water partition coefficient (Wildman–Crippen LogP) is 2.82. The Morgan fingerprint density at radius 2 is 1.94 bits per heavy atom. The van der Waals surface area contributed by atoms with E-state index in [0.29, 0.717) is 5.56 Å². The molecule has 0 saturated heterocycles. The first kappa shape index (κ1) is 15.1. The van der Waals surface area contributed by atoms with Crippen LogP contribution in [0.15, 0.2) is 12.1 Å². The van der Waals surface area contributed by atoms with Gasteiger partial charge < -0.3 is 14.6 Å². The molecule has 100 valence electrons. The maximum absolute atomic E-state index is 11.6. The molecule has 1 unspecified atom stereocenters. The minimum atomic E-state index is -0.721. The number of rotatable bonds is 5. The molecule has 1 N–H and O–H groups in total. The predicted molar refractivity (Wildman–Crippen MR) is 69.3 cm³/mol. The van der Waals surface area contributed by atoms with Gasteiger partial charge in [0.15, 0.2) is 11.9 Å². The quantitative estimate of drug-likeness (QED) is 0.848. The minimum Gasteiger partial charge on any atom is -0.505 e. The molecule has 0 aliphatic rings. The van der Waals surface area contributed by atoms with E-state index in [2.05, 4.69) is 0 Å². The molecule has 6 heteroatoms. The lowest BCUT2D eigenvalue weighted by Gasteiger charge is -2.14. The summed E-state index contributed by atoms with van der Waals surface area (Å²) in [6, 6.07) is 3.07. The zero-order chi connectivity index (χ0) is 13.7. The molecule has 18 heavy (non-hydrogen) atoms. The van der Waals surface area contributed by atoms with E-state index >= 15 is 0 Å². The average Bonchev–Trinajstić information content (AvgIpc) is 2.33. The summed E-state index contributed by atoms with van der Waals surface area (Å²) in [5.41, 5.74) is 0.683. The normalized spacial score (nSPS) is 12.2. The summed E-state index contributed by atoms with van der Waals surface area (Å²) in [6.45, 7) is 2.01. The second kappa shape index (κ2) is 6.83. The Bertz CT molecular complexity index is 411. The molecule has 0 saturated carbocycles. The zero-order valence-corrected chi connectivity index (χ0v) is 11.6. The van der Waals surface area contributed by atoms with Crippen LogP contribution in [0.3, 0.4) is 0 Å². The highest BCUT2D eigenvalue weighted by Crippen LogP contribution is 2.33. The second-order valence-electron chi connectivity index (χ2n) is 3.59. The van der Waals surface area contributed by atoms with E-state index in [1.165, 1.54) is 19.2 Å². The first-order chi connectivity index (χ1) is 8.49. The first-order valence-electron chi connectivity index (χ1n) is 5.35. The molecule has 0 fully saturated rings. The molecular weight excluding hydrogens is 279 g/mol. The van der Waals surface area contributed by atoms with Crippen molar-refractivity contribution in [3.05, 3.63) is 27.7 Å². The Morgan fingerprint density at radius 1 is 1.39 bits per heavy atom. The van der Waals surface area contributed by atoms with Crippen LogP contribution in [-0.2, 0) is 20.7 Å². The molecule has 0 bridgehead atoms. The van der Waals surface area contributed by atoms with Crippen molar-refractivity contribution in [2.24, 2.45) is 0 Å². The van der Waals surface area contributed by atoms with E-state index in [9.17, 15) is 9.90 Å². The van der Waals surface area contributed by atoms with Gasteiger partial charge in [-0.3, -0.25) is 0 Å². The molecule has 0 aliphatic carbocycles. The van der Waals surface area contributed by atoms with Gasteiger partial charge in [-0.1, -0.05) is 23.2 Å². The number of hydrogen-bond acceptors (Lipinski definition) is 4. The van der Waals surface area contributed by atoms with E-state index in [1.807, 2.05) is 0 Å². The lowest BCUT2D eigenvalue weighted by Crippen LogP contribution is -2.27. The summed E-state index contributed by atoms with van der Waals surface area (Å²) in [5, 5.41) is 9.70. The molecule has 1 rings (SSSR count). The third kappa shape index (κ3) is 3.77. The van der Waals surface area contributed by atoms with Gasteiger partial charge in [0.2, 0.25) is 0 Å². The molecule has 1 aromatic rings. The van der Waals surface area contributed by atoms with Gasteiger partial charge in [0.25, 0.3) is 0 Å². The molecule has 0 aromatic heterocycles. The van der Waals surface area contributed by atoms with Crippen LogP contribution >= 0.6 is 23.2 Å². The Morgan fingerprint density at radius 3 is 2.39 bits per heavy atom. The molecule has 0 spiro atoms. The second-order valence-corrected chi connectivity index (χ2v) is 4.40. The number of methoxy groups -OCH3 is 1. The van der Waals surface area contributed by atoms with Gasteiger partial charge in [0, 0.05) is 13.5 Å². The zero-order valence-electron chi connectivity index (χ0n) is 10.1. The van der Waals surface area contributed by atoms with Crippen molar-refractivity contribution in [3.63, 3.8) is 0 Å². The molecule has 4 nitrogen and oxygen atoms in total. The number of phenols is 1. The van der Waals surface area contributed by atoms with Crippen molar-refractivity contribution in [1.29, 1.82) is 0 Å². The Labute approximate surface area is 115 Å². The van der Waals surface area contributed by atoms with Crippen LogP contribution in [0, 0.1) is 0 Å². The van der Waals surface area contributed by atoms with Crippen LogP contribution < -0.4 is 0 Å². The lowest BCUT2D eigenvalue weighted by atomic mass is 10.1. The van der Waals surface area contributed by atoms with Crippen molar-refractivity contribution < 1.29 is 19.4 Å². The minimum absolute atomic E-state index is 0.135. The smallest absolute Gasteiger partial charge is 0.335 e. The molecule has 1 atom stereocenters. The van der Waals surface area contributed by atoms with Gasteiger partial charge >= 0.3 is 5.97 Å². The number of esters is 1. The maximum atomic E-state index is 11.6. The molecule has 0 radical (unpaired) electrons. The third-order valence-corrected chi connectivity index (χ3v) is 2.91. The van der Waals surface area contributed by atoms with Crippen LogP contribution in [0.1, 0.15) is 12.5 Å². The fourth-order valence-electron chi connectivity index (χ4n) is 1.45. The highest BCUT2D eigenvalue weighted by atomic mass is 35.5. The molecule has 1 aromatic carbocycles. The Hall–Kier alpha value is -0.970. The van der Waals surface area contributed by atoms with Crippen molar-refractivity contribution in [2.45, 2.75) is 19.4 Å². The summed E-state index contributed by atoms with van der Waals surface area (Å²) < 4.78 is 9.93. The van der Waals surface area contributed by atoms with Crippen molar-refractivity contribution in [3.8, 4) is 5.75 Å². The van der Waals surface area contributed by atoms with Crippen molar-refractivity contribution in [2.75, 3.05) is 13.7 Å². The lowest BCUT2D eigenvalue weighted by molar-refractivity contribution is -0.154.